The fourth-order valence-electron chi connectivity index (χ4n) is 2.08. The van der Waals surface area contributed by atoms with Gasteiger partial charge in [0.1, 0.15) is 0 Å². The number of aromatic carboxylic acids is 1. The van der Waals surface area contributed by atoms with Crippen molar-refractivity contribution in [1.29, 1.82) is 0 Å². The maximum absolute atomic E-state index is 11.9. The molecule has 0 amide bonds. The van der Waals surface area contributed by atoms with Crippen LogP contribution in [0.3, 0.4) is 0 Å². The predicted octanol–water partition coefficient (Wildman–Crippen LogP) is 1.71. The Morgan fingerprint density at radius 2 is 2.21 bits per heavy atom. The molecule has 2 rings (SSSR count). The van der Waals surface area contributed by atoms with E-state index in [0.29, 0.717) is 12.8 Å². The van der Waals surface area contributed by atoms with Crippen LogP contribution < -0.4 is 0 Å². The lowest BCUT2D eigenvalue weighted by Crippen LogP contribution is -2.10. The molecule has 1 aliphatic heterocycles. The summed E-state index contributed by atoms with van der Waals surface area (Å²) in [5, 5.41) is 8.40. The molecule has 7 heteroatoms. The Hall–Kier alpha value is -1.34. The predicted molar refractivity (Wildman–Crippen MR) is 65.9 cm³/mol. The summed E-state index contributed by atoms with van der Waals surface area (Å²) in [6.45, 7) is 0.748. The first-order valence-corrected chi connectivity index (χ1v) is 7.82. The van der Waals surface area contributed by atoms with Gasteiger partial charge in [0.15, 0.2) is 0 Å². The van der Waals surface area contributed by atoms with Crippen LogP contribution in [0.1, 0.15) is 36.2 Å². The summed E-state index contributed by atoms with van der Waals surface area (Å²) in [5.74, 6) is -1.70. The maximum Gasteiger partial charge on any atom is 0.371 e. The molecule has 1 atom stereocenters. The van der Waals surface area contributed by atoms with Gasteiger partial charge in [0, 0.05) is 6.61 Å². The van der Waals surface area contributed by atoms with Gasteiger partial charge < -0.3 is 14.3 Å². The Balaban J connectivity index is 1.91. The average Bonchev–Trinajstić information content (AvgIpc) is 2.99. The van der Waals surface area contributed by atoms with E-state index in [9.17, 15) is 13.2 Å². The summed E-state index contributed by atoms with van der Waals surface area (Å²) in [4.78, 5) is 10.6. The molecule has 0 radical (unpaired) electrons. The highest BCUT2D eigenvalue weighted by Crippen LogP contribution is 2.20. The van der Waals surface area contributed by atoms with E-state index < -0.39 is 15.8 Å². The second kappa shape index (κ2) is 5.75. The highest BCUT2D eigenvalue weighted by Gasteiger charge is 2.22. The lowest BCUT2D eigenvalue weighted by Gasteiger charge is -2.08. The molecule has 2 heterocycles. The molecular formula is C12H16O6S. The van der Waals surface area contributed by atoms with Crippen molar-refractivity contribution in [3.8, 4) is 0 Å². The minimum absolute atomic E-state index is 0.0561. The summed E-state index contributed by atoms with van der Waals surface area (Å²) < 4.78 is 34.1. The van der Waals surface area contributed by atoms with Crippen LogP contribution >= 0.6 is 0 Å². The molecule has 1 fully saturated rings. The topological polar surface area (TPSA) is 93.8 Å². The third kappa shape index (κ3) is 3.57. The van der Waals surface area contributed by atoms with Gasteiger partial charge >= 0.3 is 5.97 Å². The van der Waals surface area contributed by atoms with Crippen LogP contribution in [0.25, 0.3) is 0 Å². The molecule has 1 aromatic rings. The number of ether oxygens (including phenoxy) is 1. The molecule has 0 aliphatic carbocycles. The molecule has 1 aliphatic rings. The van der Waals surface area contributed by atoms with E-state index in [1.165, 1.54) is 6.07 Å². The van der Waals surface area contributed by atoms with Crippen molar-refractivity contribution in [2.75, 3.05) is 12.4 Å². The molecule has 0 aromatic carbocycles. The molecule has 106 valence electrons. The summed E-state index contributed by atoms with van der Waals surface area (Å²) >= 11 is 0. The Labute approximate surface area is 111 Å². The molecular weight excluding hydrogens is 272 g/mol. The normalized spacial score (nSPS) is 19.7. The van der Waals surface area contributed by atoms with Crippen molar-refractivity contribution in [2.45, 2.75) is 36.9 Å². The zero-order valence-electron chi connectivity index (χ0n) is 10.4. The Morgan fingerprint density at radius 1 is 1.42 bits per heavy atom. The lowest BCUT2D eigenvalue weighted by atomic mass is 10.1. The largest absolute Gasteiger partial charge is 0.475 e. The molecule has 0 spiro atoms. The van der Waals surface area contributed by atoms with Gasteiger partial charge in [-0.15, -0.1) is 0 Å². The Kier molecular flexibility index (Phi) is 4.26. The standard InChI is InChI=1S/C12H16O6S/c13-12(14)10-5-6-11(18-10)19(15,16)8-2-4-9-3-1-7-17-9/h5-6,9H,1-4,7-8H2,(H,13,14). The molecule has 1 unspecified atom stereocenters. The van der Waals surface area contributed by atoms with Gasteiger partial charge in [-0.1, -0.05) is 0 Å². The monoisotopic (exact) mass is 288 g/mol. The van der Waals surface area contributed by atoms with E-state index in [0.717, 1.165) is 25.5 Å². The first-order valence-electron chi connectivity index (χ1n) is 6.16. The van der Waals surface area contributed by atoms with Crippen LogP contribution in [-0.4, -0.2) is 38.0 Å². The number of carboxylic acids is 1. The van der Waals surface area contributed by atoms with Crippen molar-refractivity contribution in [2.24, 2.45) is 0 Å². The van der Waals surface area contributed by atoms with Crippen LogP contribution in [0.2, 0.25) is 0 Å². The van der Waals surface area contributed by atoms with Crippen molar-refractivity contribution in [3.05, 3.63) is 17.9 Å². The molecule has 6 nitrogen and oxygen atoms in total. The van der Waals surface area contributed by atoms with Gasteiger partial charge in [0.2, 0.25) is 20.7 Å². The van der Waals surface area contributed by atoms with Crippen molar-refractivity contribution >= 4 is 15.8 Å². The van der Waals surface area contributed by atoms with Crippen LogP contribution in [-0.2, 0) is 14.6 Å². The highest BCUT2D eigenvalue weighted by atomic mass is 32.2. The van der Waals surface area contributed by atoms with Gasteiger partial charge in [-0.05, 0) is 37.8 Å². The second-order valence-electron chi connectivity index (χ2n) is 4.52. The first kappa shape index (κ1) is 14.1. The summed E-state index contributed by atoms with van der Waals surface area (Å²) in [7, 11) is -3.55. The third-order valence-corrected chi connectivity index (χ3v) is 4.72. The van der Waals surface area contributed by atoms with E-state index in [-0.39, 0.29) is 22.7 Å². The maximum atomic E-state index is 11.9. The fourth-order valence-corrected chi connectivity index (χ4v) is 3.32. The highest BCUT2D eigenvalue weighted by molar-refractivity contribution is 7.91. The van der Waals surface area contributed by atoms with Gasteiger partial charge in [0.05, 0.1) is 11.9 Å². The minimum atomic E-state index is -3.55. The third-order valence-electron chi connectivity index (χ3n) is 3.06. The number of rotatable bonds is 6. The summed E-state index contributed by atoms with van der Waals surface area (Å²) in [6.07, 6.45) is 3.34. The number of sulfone groups is 1. The smallest absolute Gasteiger partial charge is 0.371 e. The van der Waals surface area contributed by atoms with Gasteiger partial charge in [-0.3, -0.25) is 0 Å². The molecule has 0 saturated carbocycles. The lowest BCUT2D eigenvalue weighted by molar-refractivity contribution is 0.0656. The number of hydrogen-bond acceptors (Lipinski definition) is 5. The number of furan rings is 1. The molecule has 1 N–H and O–H groups in total. The van der Waals surface area contributed by atoms with Crippen LogP contribution in [0, 0.1) is 0 Å². The van der Waals surface area contributed by atoms with Gasteiger partial charge in [0.25, 0.3) is 0 Å². The van der Waals surface area contributed by atoms with E-state index in [4.69, 9.17) is 14.3 Å². The molecule has 1 aromatic heterocycles. The minimum Gasteiger partial charge on any atom is -0.475 e. The zero-order valence-corrected chi connectivity index (χ0v) is 11.2. The van der Waals surface area contributed by atoms with Crippen molar-refractivity contribution < 1.29 is 27.5 Å². The Morgan fingerprint density at radius 3 is 2.79 bits per heavy atom. The van der Waals surface area contributed by atoms with Gasteiger partial charge in [-0.25, -0.2) is 13.2 Å². The van der Waals surface area contributed by atoms with E-state index >= 15 is 0 Å². The summed E-state index contributed by atoms with van der Waals surface area (Å²) in [5.41, 5.74) is 0. The number of carboxylic acid groups (broad SMARTS) is 1. The SMILES string of the molecule is O=C(O)c1ccc(S(=O)(=O)CCCC2CCCO2)o1. The fraction of sp³-hybridized carbons (Fsp3) is 0.583. The quantitative estimate of drug-likeness (QED) is 0.856. The van der Waals surface area contributed by atoms with E-state index in [1.54, 1.807) is 0 Å². The average molecular weight is 288 g/mol. The van der Waals surface area contributed by atoms with Crippen LogP contribution in [0.4, 0.5) is 0 Å². The van der Waals surface area contributed by atoms with Crippen molar-refractivity contribution in [1.82, 2.24) is 0 Å². The second-order valence-corrected chi connectivity index (χ2v) is 6.56. The molecule has 1 saturated heterocycles. The van der Waals surface area contributed by atoms with Crippen LogP contribution in [0.5, 0.6) is 0 Å². The first-order chi connectivity index (χ1) is 8.99. The van der Waals surface area contributed by atoms with E-state index in [1.807, 2.05) is 0 Å². The van der Waals surface area contributed by atoms with Crippen molar-refractivity contribution in [3.63, 3.8) is 0 Å². The summed E-state index contributed by atoms with van der Waals surface area (Å²) in [6, 6.07) is 2.33. The van der Waals surface area contributed by atoms with Crippen LogP contribution in [0.15, 0.2) is 21.6 Å². The molecule has 0 bridgehead atoms. The number of hydrogen-bond donors (Lipinski definition) is 1. The van der Waals surface area contributed by atoms with Gasteiger partial charge in [-0.2, -0.15) is 0 Å². The zero-order chi connectivity index (χ0) is 13.9. The number of carbonyl (C=O) groups is 1. The molecule has 19 heavy (non-hydrogen) atoms. The van der Waals surface area contributed by atoms with E-state index in [2.05, 4.69) is 0 Å². The Bertz CT molecular complexity index is 538.